The van der Waals surface area contributed by atoms with Crippen molar-refractivity contribution in [2.75, 3.05) is 13.2 Å². The summed E-state index contributed by atoms with van der Waals surface area (Å²) < 4.78 is 43.5. The first-order valence-corrected chi connectivity index (χ1v) is 9.77. The first-order valence-electron chi connectivity index (χ1n) is 9.77. The van der Waals surface area contributed by atoms with E-state index in [-0.39, 0.29) is 6.61 Å². The quantitative estimate of drug-likeness (QED) is 0.630. The van der Waals surface area contributed by atoms with Crippen LogP contribution in [-0.4, -0.2) is 29.3 Å². The SMILES string of the molecule is OC(COc1ccc(C(F)(F)F)cc1)CN1Cc2ccccc2-c2ccccc2C1. The van der Waals surface area contributed by atoms with E-state index in [2.05, 4.69) is 29.2 Å². The summed E-state index contributed by atoms with van der Waals surface area (Å²) in [7, 11) is 0. The van der Waals surface area contributed by atoms with Gasteiger partial charge in [0, 0.05) is 19.6 Å². The molecule has 1 N–H and O–H groups in total. The first-order chi connectivity index (χ1) is 14.4. The lowest BCUT2D eigenvalue weighted by molar-refractivity contribution is -0.137. The molecule has 0 amide bonds. The molecule has 3 nitrogen and oxygen atoms in total. The van der Waals surface area contributed by atoms with Crippen molar-refractivity contribution in [3.05, 3.63) is 89.5 Å². The van der Waals surface area contributed by atoms with Gasteiger partial charge in [0.25, 0.3) is 0 Å². The molecule has 156 valence electrons. The molecular formula is C24H22F3NO2. The molecule has 3 aromatic carbocycles. The number of ether oxygens (including phenoxy) is 1. The van der Waals surface area contributed by atoms with Crippen molar-refractivity contribution in [1.29, 1.82) is 0 Å². The Balaban J connectivity index is 1.41. The van der Waals surface area contributed by atoms with Crippen LogP contribution in [0, 0.1) is 0 Å². The number of aliphatic hydroxyl groups is 1. The van der Waals surface area contributed by atoms with Gasteiger partial charge in [0.1, 0.15) is 18.5 Å². The van der Waals surface area contributed by atoms with Gasteiger partial charge in [-0.25, -0.2) is 0 Å². The van der Waals surface area contributed by atoms with Crippen LogP contribution in [0.3, 0.4) is 0 Å². The van der Waals surface area contributed by atoms with Gasteiger partial charge in [-0.2, -0.15) is 13.2 Å². The normalized spacial score (nSPS) is 15.1. The maximum Gasteiger partial charge on any atom is 0.416 e. The number of fused-ring (bicyclic) bond motifs is 3. The van der Waals surface area contributed by atoms with Crippen molar-refractivity contribution in [2.45, 2.75) is 25.4 Å². The van der Waals surface area contributed by atoms with E-state index in [1.165, 1.54) is 34.4 Å². The second kappa shape index (κ2) is 8.50. The second-order valence-electron chi connectivity index (χ2n) is 7.47. The Bertz CT molecular complexity index is 954. The monoisotopic (exact) mass is 413 g/mol. The third-order valence-corrected chi connectivity index (χ3v) is 5.21. The zero-order valence-electron chi connectivity index (χ0n) is 16.3. The van der Waals surface area contributed by atoms with E-state index in [9.17, 15) is 18.3 Å². The molecule has 3 aromatic rings. The smallest absolute Gasteiger partial charge is 0.416 e. The Morgan fingerprint density at radius 2 is 1.37 bits per heavy atom. The fourth-order valence-corrected chi connectivity index (χ4v) is 3.79. The van der Waals surface area contributed by atoms with Crippen molar-refractivity contribution in [1.82, 2.24) is 4.90 Å². The van der Waals surface area contributed by atoms with Crippen molar-refractivity contribution >= 4 is 0 Å². The van der Waals surface area contributed by atoms with Gasteiger partial charge in [0.05, 0.1) is 5.56 Å². The standard InChI is InChI=1S/C24H22F3NO2/c25-24(26,27)19-9-11-21(12-10-19)30-16-20(29)15-28-13-17-5-1-3-7-22(17)23-8-4-2-6-18(23)14-28/h1-12,20,29H,13-16H2. The highest BCUT2D eigenvalue weighted by atomic mass is 19.4. The van der Waals surface area contributed by atoms with E-state index in [0.29, 0.717) is 25.4 Å². The van der Waals surface area contributed by atoms with Gasteiger partial charge in [-0.05, 0) is 46.5 Å². The minimum atomic E-state index is -4.38. The highest BCUT2D eigenvalue weighted by molar-refractivity contribution is 5.71. The molecule has 4 rings (SSSR count). The number of aliphatic hydroxyl groups excluding tert-OH is 1. The molecular weight excluding hydrogens is 391 g/mol. The molecule has 0 aromatic heterocycles. The number of hydrogen-bond acceptors (Lipinski definition) is 3. The van der Waals surface area contributed by atoms with Crippen molar-refractivity contribution < 1.29 is 23.0 Å². The van der Waals surface area contributed by atoms with Crippen molar-refractivity contribution in [3.63, 3.8) is 0 Å². The van der Waals surface area contributed by atoms with Crippen LogP contribution in [0.5, 0.6) is 5.75 Å². The molecule has 0 spiro atoms. The van der Waals surface area contributed by atoms with E-state index in [1.54, 1.807) is 0 Å². The molecule has 1 aliphatic heterocycles. The summed E-state index contributed by atoms with van der Waals surface area (Å²) in [6.45, 7) is 1.79. The van der Waals surface area contributed by atoms with Gasteiger partial charge in [0.15, 0.2) is 0 Å². The Kier molecular flexibility index (Phi) is 5.79. The number of hydrogen-bond donors (Lipinski definition) is 1. The maximum absolute atomic E-state index is 12.7. The Labute approximate surface area is 173 Å². The number of nitrogens with zero attached hydrogens (tertiary/aromatic N) is 1. The van der Waals surface area contributed by atoms with Crippen LogP contribution in [0.25, 0.3) is 11.1 Å². The summed E-state index contributed by atoms with van der Waals surface area (Å²) in [5.41, 5.74) is 4.06. The summed E-state index contributed by atoms with van der Waals surface area (Å²) in [6.07, 6.45) is -5.15. The van der Waals surface area contributed by atoms with E-state index >= 15 is 0 Å². The van der Waals surface area contributed by atoms with Crippen LogP contribution >= 0.6 is 0 Å². The summed E-state index contributed by atoms with van der Waals surface area (Å²) in [5.74, 6) is 0.300. The van der Waals surface area contributed by atoms with E-state index < -0.39 is 17.8 Å². The Morgan fingerprint density at radius 1 is 0.833 bits per heavy atom. The molecule has 0 saturated carbocycles. The molecule has 0 radical (unpaired) electrons. The van der Waals surface area contributed by atoms with Crippen molar-refractivity contribution in [3.8, 4) is 16.9 Å². The van der Waals surface area contributed by atoms with Crippen LogP contribution in [0.2, 0.25) is 0 Å². The predicted octanol–water partition coefficient (Wildman–Crippen LogP) is 5.13. The molecule has 1 heterocycles. The van der Waals surface area contributed by atoms with Gasteiger partial charge >= 0.3 is 6.18 Å². The summed E-state index contributed by atoms with van der Waals surface area (Å²) in [6, 6.07) is 21.0. The van der Waals surface area contributed by atoms with E-state index in [4.69, 9.17) is 4.74 Å². The molecule has 1 aliphatic rings. The third-order valence-electron chi connectivity index (χ3n) is 5.21. The highest BCUT2D eigenvalue weighted by Crippen LogP contribution is 2.33. The topological polar surface area (TPSA) is 32.7 Å². The lowest BCUT2D eigenvalue weighted by Gasteiger charge is -2.24. The second-order valence-corrected chi connectivity index (χ2v) is 7.47. The molecule has 0 saturated heterocycles. The summed E-state index contributed by atoms with van der Waals surface area (Å²) in [4.78, 5) is 2.16. The fraction of sp³-hybridized carbons (Fsp3) is 0.250. The van der Waals surface area contributed by atoms with Crippen molar-refractivity contribution in [2.24, 2.45) is 0 Å². The average molecular weight is 413 g/mol. The largest absolute Gasteiger partial charge is 0.491 e. The first kappa shape index (κ1) is 20.4. The number of alkyl halides is 3. The number of rotatable bonds is 5. The van der Waals surface area contributed by atoms with Gasteiger partial charge in [-0.3, -0.25) is 4.90 Å². The predicted molar refractivity (Wildman–Crippen MR) is 109 cm³/mol. The van der Waals surface area contributed by atoms with Gasteiger partial charge < -0.3 is 9.84 Å². The molecule has 1 atom stereocenters. The number of β-amino-alcohol motifs (C(OH)–C–C–N with tert-alkyl or cyclic N) is 1. The van der Waals surface area contributed by atoms with Crippen LogP contribution in [0.15, 0.2) is 72.8 Å². The summed E-state index contributed by atoms with van der Waals surface area (Å²) >= 11 is 0. The minimum Gasteiger partial charge on any atom is -0.491 e. The fourth-order valence-electron chi connectivity index (χ4n) is 3.79. The Morgan fingerprint density at radius 3 is 1.90 bits per heavy atom. The van der Waals surface area contributed by atoms with Crippen LogP contribution in [0.4, 0.5) is 13.2 Å². The van der Waals surface area contributed by atoms with Gasteiger partial charge in [-0.15, -0.1) is 0 Å². The lowest BCUT2D eigenvalue weighted by Crippen LogP contribution is -2.34. The average Bonchev–Trinajstić information content (AvgIpc) is 2.88. The minimum absolute atomic E-state index is 0.00512. The van der Waals surface area contributed by atoms with Gasteiger partial charge in [-0.1, -0.05) is 48.5 Å². The number of benzene rings is 3. The number of halogens is 3. The van der Waals surface area contributed by atoms with Gasteiger partial charge in [0.2, 0.25) is 0 Å². The molecule has 0 aliphatic carbocycles. The zero-order chi connectivity index (χ0) is 21.1. The zero-order valence-corrected chi connectivity index (χ0v) is 16.3. The van der Waals surface area contributed by atoms with E-state index in [1.807, 2.05) is 24.3 Å². The lowest BCUT2D eigenvalue weighted by atomic mass is 9.97. The molecule has 0 fully saturated rings. The highest BCUT2D eigenvalue weighted by Gasteiger charge is 2.30. The molecule has 6 heteroatoms. The Hall–Kier alpha value is -2.83. The molecule has 30 heavy (non-hydrogen) atoms. The maximum atomic E-state index is 12.7. The third kappa shape index (κ3) is 4.66. The van der Waals surface area contributed by atoms with Crippen LogP contribution < -0.4 is 4.74 Å². The molecule has 0 bridgehead atoms. The molecule has 1 unspecified atom stereocenters. The van der Waals surface area contributed by atoms with E-state index in [0.717, 1.165) is 12.1 Å². The van der Waals surface area contributed by atoms with Crippen LogP contribution in [0.1, 0.15) is 16.7 Å². The van der Waals surface area contributed by atoms with Crippen LogP contribution in [-0.2, 0) is 19.3 Å². The summed E-state index contributed by atoms with van der Waals surface area (Å²) in [5, 5.41) is 10.5.